The molecule has 0 aromatic carbocycles. The normalized spacial score (nSPS) is 26.4. The first kappa shape index (κ1) is 7.43. The van der Waals surface area contributed by atoms with Crippen molar-refractivity contribution in [2.45, 2.75) is 0 Å². The maximum Gasteiger partial charge on any atom is 0.269 e. The van der Waals surface area contributed by atoms with Crippen molar-refractivity contribution in [2.24, 2.45) is 15.9 Å². The molecular formula is C8H5ClN2O. The van der Waals surface area contributed by atoms with Gasteiger partial charge in [-0.3, -0.25) is 4.79 Å². The summed E-state index contributed by atoms with van der Waals surface area (Å²) in [5.41, 5.74) is 0.669. The van der Waals surface area contributed by atoms with Crippen LogP contribution in [0.1, 0.15) is 0 Å². The molecule has 2 aliphatic heterocycles. The fourth-order valence-electron chi connectivity index (χ4n) is 1.09. The first-order chi connectivity index (χ1) is 5.75. The fraction of sp³-hybridized carbons (Fsp3) is 0.125. The minimum Gasteiger partial charge on any atom is -0.267 e. The van der Waals surface area contributed by atoms with Gasteiger partial charge in [-0.15, -0.1) is 0 Å². The van der Waals surface area contributed by atoms with Gasteiger partial charge in [0, 0.05) is 12.3 Å². The molecule has 0 spiro atoms. The van der Waals surface area contributed by atoms with Crippen LogP contribution in [0.15, 0.2) is 33.4 Å². The summed E-state index contributed by atoms with van der Waals surface area (Å²) in [5.74, 6) is -0.220. The van der Waals surface area contributed by atoms with Gasteiger partial charge < -0.3 is 0 Å². The molecule has 4 heteroatoms. The third-order valence-corrected chi connectivity index (χ3v) is 1.86. The van der Waals surface area contributed by atoms with Gasteiger partial charge in [0.1, 0.15) is 5.16 Å². The van der Waals surface area contributed by atoms with E-state index in [4.69, 9.17) is 11.6 Å². The second-order valence-electron chi connectivity index (χ2n) is 2.51. The van der Waals surface area contributed by atoms with E-state index in [1.165, 1.54) is 6.08 Å². The highest BCUT2D eigenvalue weighted by atomic mass is 35.5. The Morgan fingerprint density at radius 1 is 1.50 bits per heavy atom. The lowest BCUT2D eigenvalue weighted by atomic mass is 10.0. The highest BCUT2D eigenvalue weighted by Gasteiger charge is 2.18. The quantitative estimate of drug-likeness (QED) is 0.518. The van der Waals surface area contributed by atoms with Crippen molar-refractivity contribution in [3.8, 4) is 0 Å². The van der Waals surface area contributed by atoms with Crippen molar-refractivity contribution >= 4 is 29.4 Å². The number of hydrogen-bond donors (Lipinski definition) is 0. The van der Waals surface area contributed by atoms with Gasteiger partial charge in [-0.25, -0.2) is 9.98 Å². The van der Waals surface area contributed by atoms with Crippen LogP contribution in [0.2, 0.25) is 0 Å². The molecule has 2 heterocycles. The molecule has 3 nitrogen and oxygen atoms in total. The summed E-state index contributed by atoms with van der Waals surface area (Å²) >= 11 is 5.63. The van der Waals surface area contributed by atoms with Crippen LogP contribution in [0.3, 0.4) is 0 Å². The minimum absolute atomic E-state index is 0.0187. The van der Waals surface area contributed by atoms with E-state index in [1.54, 1.807) is 18.4 Å². The molecule has 0 saturated carbocycles. The fourth-order valence-corrected chi connectivity index (χ4v) is 1.26. The average molecular weight is 181 g/mol. The third kappa shape index (κ3) is 1.23. The molecule has 0 aromatic heterocycles. The van der Waals surface area contributed by atoms with Gasteiger partial charge in [-0.1, -0.05) is 17.7 Å². The molecular weight excluding hydrogens is 176 g/mol. The first-order valence-electron chi connectivity index (χ1n) is 3.48. The Balaban J connectivity index is 2.40. The molecule has 0 saturated heterocycles. The van der Waals surface area contributed by atoms with Crippen LogP contribution in [-0.4, -0.2) is 17.8 Å². The van der Waals surface area contributed by atoms with Gasteiger partial charge >= 0.3 is 0 Å². The Morgan fingerprint density at radius 2 is 2.33 bits per heavy atom. The molecule has 0 bridgehead atoms. The predicted molar refractivity (Wildman–Crippen MR) is 47.5 cm³/mol. The molecule has 12 heavy (non-hydrogen) atoms. The number of fused-ring (bicyclic) bond motifs is 1. The van der Waals surface area contributed by atoms with Gasteiger partial charge in [0.25, 0.3) is 5.91 Å². The summed E-state index contributed by atoms with van der Waals surface area (Å²) in [4.78, 5) is 18.5. The van der Waals surface area contributed by atoms with Crippen LogP contribution in [-0.2, 0) is 4.79 Å². The molecule has 0 fully saturated rings. The van der Waals surface area contributed by atoms with Crippen molar-refractivity contribution < 1.29 is 4.79 Å². The summed E-state index contributed by atoms with van der Waals surface area (Å²) in [6, 6.07) is 0. The van der Waals surface area contributed by atoms with Crippen molar-refractivity contribution in [3.05, 3.63) is 23.4 Å². The van der Waals surface area contributed by atoms with E-state index in [-0.39, 0.29) is 11.8 Å². The second-order valence-corrected chi connectivity index (χ2v) is 2.89. The van der Waals surface area contributed by atoms with Crippen molar-refractivity contribution in [2.75, 3.05) is 0 Å². The summed E-state index contributed by atoms with van der Waals surface area (Å²) in [7, 11) is 0. The SMILES string of the molecule is O=C1C=CC2C=NC(Cl)=CC2=N1. The van der Waals surface area contributed by atoms with E-state index in [0.29, 0.717) is 10.9 Å². The minimum atomic E-state index is -0.239. The third-order valence-electron chi connectivity index (χ3n) is 1.65. The van der Waals surface area contributed by atoms with Crippen LogP contribution in [0.25, 0.3) is 0 Å². The zero-order valence-corrected chi connectivity index (χ0v) is 6.82. The van der Waals surface area contributed by atoms with Gasteiger partial charge in [0.15, 0.2) is 0 Å². The molecule has 0 N–H and O–H groups in total. The number of carbonyl (C=O) groups excluding carboxylic acids is 1. The highest BCUT2D eigenvalue weighted by molar-refractivity contribution is 6.33. The van der Waals surface area contributed by atoms with Crippen molar-refractivity contribution in [1.82, 2.24) is 0 Å². The van der Waals surface area contributed by atoms with Crippen LogP contribution in [0.5, 0.6) is 0 Å². The van der Waals surface area contributed by atoms with Crippen LogP contribution in [0.4, 0.5) is 0 Å². The average Bonchev–Trinajstić information content (AvgIpc) is 2.03. The van der Waals surface area contributed by atoms with E-state index in [0.717, 1.165) is 0 Å². The number of carbonyl (C=O) groups is 1. The zero-order chi connectivity index (χ0) is 8.55. The van der Waals surface area contributed by atoms with Gasteiger partial charge in [-0.05, 0) is 6.08 Å². The molecule has 60 valence electrons. The number of rotatable bonds is 0. The van der Waals surface area contributed by atoms with E-state index >= 15 is 0 Å². The molecule has 2 rings (SSSR count). The Morgan fingerprint density at radius 3 is 3.17 bits per heavy atom. The summed E-state index contributed by atoms with van der Waals surface area (Å²) in [6.07, 6.45) is 6.47. The molecule has 0 aliphatic carbocycles. The lowest BCUT2D eigenvalue weighted by Gasteiger charge is -2.13. The number of amides is 1. The zero-order valence-electron chi connectivity index (χ0n) is 6.07. The van der Waals surface area contributed by atoms with E-state index in [9.17, 15) is 4.79 Å². The first-order valence-corrected chi connectivity index (χ1v) is 3.85. The summed E-state index contributed by atoms with van der Waals surface area (Å²) < 4.78 is 0. The summed E-state index contributed by atoms with van der Waals surface area (Å²) in [5, 5.41) is 0.369. The van der Waals surface area contributed by atoms with Crippen molar-refractivity contribution in [3.63, 3.8) is 0 Å². The number of nitrogens with zero attached hydrogens (tertiary/aromatic N) is 2. The molecule has 0 radical (unpaired) electrons. The Labute approximate surface area is 74.2 Å². The molecule has 1 unspecified atom stereocenters. The van der Waals surface area contributed by atoms with Crippen LogP contribution in [0, 0.1) is 5.92 Å². The number of hydrogen-bond acceptors (Lipinski definition) is 2. The monoisotopic (exact) mass is 180 g/mol. The maximum absolute atomic E-state index is 10.8. The molecule has 1 atom stereocenters. The number of dihydropyridines is 1. The van der Waals surface area contributed by atoms with Crippen LogP contribution < -0.4 is 0 Å². The molecule has 0 aromatic rings. The Hall–Kier alpha value is -1.22. The number of halogens is 1. The topological polar surface area (TPSA) is 41.8 Å². The second kappa shape index (κ2) is 2.68. The van der Waals surface area contributed by atoms with Crippen molar-refractivity contribution in [1.29, 1.82) is 0 Å². The maximum atomic E-state index is 10.8. The van der Waals surface area contributed by atoms with Gasteiger partial charge in [0.05, 0.1) is 11.6 Å². The summed E-state index contributed by atoms with van der Waals surface area (Å²) in [6.45, 7) is 0. The standard InChI is InChI=1S/C8H5ClN2O/c9-7-3-6-5(4-10-7)1-2-8(12)11-6/h1-5H. The lowest BCUT2D eigenvalue weighted by molar-refractivity contribution is -0.113. The Bertz CT molecular complexity index is 352. The smallest absolute Gasteiger partial charge is 0.267 e. The molecule has 2 aliphatic rings. The Kier molecular flexibility index (Phi) is 1.66. The van der Waals surface area contributed by atoms with E-state index < -0.39 is 0 Å². The van der Waals surface area contributed by atoms with Crippen LogP contribution >= 0.6 is 11.6 Å². The van der Waals surface area contributed by atoms with E-state index in [1.807, 2.05) is 0 Å². The predicted octanol–water partition coefficient (Wildman–Crippen LogP) is 1.30. The number of aliphatic imine (C=N–C) groups is 2. The van der Waals surface area contributed by atoms with Gasteiger partial charge in [-0.2, -0.15) is 0 Å². The lowest BCUT2D eigenvalue weighted by Crippen LogP contribution is -2.19. The largest absolute Gasteiger partial charge is 0.269 e. The van der Waals surface area contributed by atoms with Gasteiger partial charge in [0.2, 0.25) is 0 Å². The number of allylic oxidation sites excluding steroid dienone is 2. The van der Waals surface area contributed by atoms with E-state index in [2.05, 4.69) is 9.98 Å². The molecule has 1 amide bonds. The highest BCUT2D eigenvalue weighted by Crippen LogP contribution is 2.17.